The molecule has 2 N–H and O–H groups in total. The van der Waals surface area contributed by atoms with Crippen LogP contribution < -0.4 is 5.73 Å². The lowest BCUT2D eigenvalue weighted by atomic mass is 10.2. The number of aromatic nitrogens is 4. The molecular formula is C14H13N5. The highest BCUT2D eigenvalue weighted by Gasteiger charge is 2.10. The maximum Gasteiger partial charge on any atom is 0.131 e. The molecule has 0 spiro atoms. The molecular weight excluding hydrogens is 238 g/mol. The molecule has 0 unspecified atom stereocenters. The molecule has 0 amide bonds. The minimum absolute atomic E-state index is 0.624. The zero-order valence-electron chi connectivity index (χ0n) is 10.3. The monoisotopic (exact) mass is 251 g/mol. The molecule has 0 atom stereocenters. The summed E-state index contributed by atoms with van der Waals surface area (Å²) in [5, 5.41) is 0. The van der Waals surface area contributed by atoms with Crippen LogP contribution in [-0.4, -0.2) is 19.5 Å². The number of hydrogen-bond donors (Lipinski definition) is 1. The fraction of sp³-hybridized carbons (Fsp3) is 0.0714. The Morgan fingerprint density at radius 1 is 1.05 bits per heavy atom. The van der Waals surface area contributed by atoms with E-state index in [4.69, 9.17) is 5.73 Å². The van der Waals surface area contributed by atoms with E-state index in [0.29, 0.717) is 12.4 Å². The number of hydrogen-bond acceptors (Lipinski definition) is 4. The molecule has 0 aliphatic heterocycles. The van der Waals surface area contributed by atoms with Crippen LogP contribution in [0.15, 0.2) is 55.4 Å². The van der Waals surface area contributed by atoms with Gasteiger partial charge in [0.2, 0.25) is 0 Å². The van der Waals surface area contributed by atoms with Gasteiger partial charge in [0.05, 0.1) is 12.9 Å². The average molecular weight is 251 g/mol. The first kappa shape index (κ1) is 11.4. The van der Waals surface area contributed by atoms with E-state index in [1.165, 1.54) is 11.9 Å². The van der Waals surface area contributed by atoms with Crippen molar-refractivity contribution >= 4 is 5.82 Å². The van der Waals surface area contributed by atoms with Crippen molar-refractivity contribution in [3.63, 3.8) is 0 Å². The van der Waals surface area contributed by atoms with Gasteiger partial charge < -0.3 is 10.3 Å². The molecule has 0 bridgehead atoms. The maximum absolute atomic E-state index is 6.13. The number of rotatable bonds is 3. The van der Waals surface area contributed by atoms with Crippen LogP contribution in [0.5, 0.6) is 0 Å². The lowest BCUT2D eigenvalue weighted by Crippen LogP contribution is -2.03. The Labute approximate surface area is 110 Å². The Hall–Kier alpha value is -2.69. The first-order chi connectivity index (χ1) is 9.34. The van der Waals surface area contributed by atoms with E-state index < -0.39 is 0 Å². The molecule has 0 fully saturated rings. The van der Waals surface area contributed by atoms with E-state index in [9.17, 15) is 0 Å². The SMILES string of the molecule is Nc1c(-c2cncnc2)ncn1Cc1ccccc1. The molecule has 2 aromatic heterocycles. The van der Waals surface area contributed by atoms with Gasteiger partial charge in [-0.15, -0.1) is 0 Å². The van der Waals surface area contributed by atoms with Gasteiger partial charge >= 0.3 is 0 Å². The summed E-state index contributed by atoms with van der Waals surface area (Å²) in [6.45, 7) is 0.702. The highest BCUT2D eigenvalue weighted by atomic mass is 15.1. The number of nitrogens with two attached hydrogens (primary N) is 1. The van der Waals surface area contributed by atoms with Crippen LogP contribution in [0.1, 0.15) is 5.56 Å². The molecule has 19 heavy (non-hydrogen) atoms. The molecule has 94 valence electrons. The Kier molecular flexibility index (Phi) is 2.94. The molecule has 3 rings (SSSR count). The number of benzene rings is 1. The fourth-order valence-electron chi connectivity index (χ4n) is 1.94. The third-order valence-corrected chi connectivity index (χ3v) is 2.91. The molecule has 5 heteroatoms. The lowest BCUT2D eigenvalue weighted by molar-refractivity contribution is 0.808. The minimum Gasteiger partial charge on any atom is -0.383 e. The second-order valence-corrected chi connectivity index (χ2v) is 4.22. The van der Waals surface area contributed by atoms with Crippen molar-refractivity contribution in [1.29, 1.82) is 0 Å². The van der Waals surface area contributed by atoms with Crippen molar-refractivity contribution in [1.82, 2.24) is 19.5 Å². The molecule has 1 aromatic carbocycles. The second kappa shape index (κ2) is 4.89. The van der Waals surface area contributed by atoms with Gasteiger partial charge in [-0.1, -0.05) is 30.3 Å². The summed E-state index contributed by atoms with van der Waals surface area (Å²) in [6.07, 6.45) is 6.64. The van der Waals surface area contributed by atoms with Crippen molar-refractivity contribution in [3.8, 4) is 11.3 Å². The van der Waals surface area contributed by atoms with Gasteiger partial charge in [-0.05, 0) is 5.56 Å². The fourth-order valence-corrected chi connectivity index (χ4v) is 1.94. The quantitative estimate of drug-likeness (QED) is 0.772. The van der Waals surface area contributed by atoms with E-state index in [1.54, 1.807) is 18.7 Å². The molecule has 3 aromatic rings. The van der Waals surface area contributed by atoms with E-state index in [-0.39, 0.29) is 0 Å². The predicted octanol–water partition coefficient (Wildman–Crippen LogP) is 1.97. The predicted molar refractivity (Wildman–Crippen MR) is 73.2 cm³/mol. The van der Waals surface area contributed by atoms with Crippen LogP contribution in [0.25, 0.3) is 11.3 Å². The second-order valence-electron chi connectivity index (χ2n) is 4.22. The van der Waals surface area contributed by atoms with Gasteiger partial charge in [0.25, 0.3) is 0 Å². The van der Waals surface area contributed by atoms with Crippen molar-refractivity contribution in [2.45, 2.75) is 6.54 Å². The van der Waals surface area contributed by atoms with Crippen LogP contribution in [0, 0.1) is 0 Å². The Balaban J connectivity index is 1.92. The summed E-state index contributed by atoms with van der Waals surface area (Å²) < 4.78 is 1.91. The summed E-state index contributed by atoms with van der Waals surface area (Å²) in [5.74, 6) is 0.624. The number of nitrogens with zero attached hydrogens (tertiary/aromatic N) is 4. The molecule has 2 heterocycles. The molecule has 0 aliphatic rings. The summed E-state index contributed by atoms with van der Waals surface area (Å²) in [4.78, 5) is 12.3. The number of anilines is 1. The van der Waals surface area contributed by atoms with E-state index in [0.717, 1.165) is 11.3 Å². The zero-order chi connectivity index (χ0) is 13.1. The third-order valence-electron chi connectivity index (χ3n) is 2.91. The maximum atomic E-state index is 6.13. The molecule has 0 aliphatic carbocycles. The zero-order valence-corrected chi connectivity index (χ0v) is 10.3. The lowest BCUT2D eigenvalue weighted by Gasteiger charge is -2.05. The Bertz CT molecular complexity index is 661. The smallest absolute Gasteiger partial charge is 0.131 e. The van der Waals surface area contributed by atoms with Crippen LogP contribution in [0.4, 0.5) is 5.82 Å². The Morgan fingerprint density at radius 3 is 2.53 bits per heavy atom. The van der Waals surface area contributed by atoms with Crippen molar-refractivity contribution < 1.29 is 0 Å². The number of imidazole rings is 1. The van der Waals surface area contributed by atoms with Crippen molar-refractivity contribution in [2.75, 3.05) is 5.73 Å². The normalized spacial score (nSPS) is 10.5. The van der Waals surface area contributed by atoms with Gasteiger partial charge in [-0.2, -0.15) is 0 Å². The van der Waals surface area contributed by atoms with Gasteiger partial charge in [0.15, 0.2) is 0 Å². The third kappa shape index (κ3) is 2.30. The van der Waals surface area contributed by atoms with Crippen LogP contribution >= 0.6 is 0 Å². The van der Waals surface area contributed by atoms with Crippen LogP contribution in [0.2, 0.25) is 0 Å². The van der Waals surface area contributed by atoms with Crippen molar-refractivity contribution in [2.24, 2.45) is 0 Å². The molecule has 0 saturated heterocycles. The van der Waals surface area contributed by atoms with E-state index in [2.05, 4.69) is 27.1 Å². The molecule has 5 nitrogen and oxygen atoms in total. The Morgan fingerprint density at radius 2 is 1.79 bits per heavy atom. The van der Waals surface area contributed by atoms with Crippen molar-refractivity contribution in [3.05, 3.63) is 60.9 Å². The van der Waals surface area contributed by atoms with Crippen LogP contribution in [0.3, 0.4) is 0 Å². The summed E-state index contributed by atoms with van der Waals surface area (Å²) in [5.41, 5.74) is 8.86. The standard InChI is InChI=1S/C14H13N5/c15-14-13(12-6-16-9-17-7-12)18-10-19(14)8-11-4-2-1-3-5-11/h1-7,9-10H,8,15H2. The van der Waals surface area contributed by atoms with Gasteiger partial charge in [-0.3, -0.25) is 0 Å². The highest BCUT2D eigenvalue weighted by molar-refractivity contribution is 5.68. The summed E-state index contributed by atoms with van der Waals surface area (Å²) in [6, 6.07) is 10.1. The molecule has 0 radical (unpaired) electrons. The van der Waals surface area contributed by atoms with Crippen LogP contribution in [-0.2, 0) is 6.54 Å². The molecule has 0 saturated carbocycles. The van der Waals surface area contributed by atoms with Gasteiger partial charge in [0.1, 0.15) is 17.8 Å². The number of nitrogen functional groups attached to an aromatic ring is 1. The first-order valence-electron chi connectivity index (χ1n) is 5.94. The average Bonchev–Trinajstić information content (AvgIpc) is 2.82. The largest absolute Gasteiger partial charge is 0.383 e. The van der Waals surface area contributed by atoms with Gasteiger partial charge in [0, 0.05) is 18.0 Å². The topological polar surface area (TPSA) is 69.6 Å². The first-order valence-corrected chi connectivity index (χ1v) is 5.94. The summed E-state index contributed by atoms with van der Waals surface area (Å²) >= 11 is 0. The summed E-state index contributed by atoms with van der Waals surface area (Å²) in [7, 11) is 0. The minimum atomic E-state index is 0.624. The van der Waals surface area contributed by atoms with Gasteiger partial charge in [-0.25, -0.2) is 15.0 Å². The van der Waals surface area contributed by atoms with E-state index in [1.807, 2.05) is 22.8 Å². The van der Waals surface area contributed by atoms with E-state index >= 15 is 0 Å². The highest BCUT2D eigenvalue weighted by Crippen LogP contribution is 2.23.